The Kier molecular flexibility index (Phi) is 7.64. The van der Waals surface area contributed by atoms with Crippen molar-refractivity contribution in [3.63, 3.8) is 0 Å². The zero-order valence-electron chi connectivity index (χ0n) is 13.2. The van der Waals surface area contributed by atoms with Gasteiger partial charge in [-0.05, 0) is 43.7 Å². The Morgan fingerprint density at radius 2 is 1.83 bits per heavy atom. The average Bonchev–Trinajstić information content (AvgIpc) is 2.57. The summed E-state index contributed by atoms with van der Waals surface area (Å²) in [6.07, 6.45) is 2.13. The molecule has 0 aromatic heterocycles. The fourth-order valence-corrected chi connectivity index (χ4v) is 2.66. The second kappa shape index (κ2) is 9.22. The second-order valence-corrected chi connectivity index (χ2v) is 5.78. The summed E-state index contributed by atoms with van der Waals surface area (Å²) in [5.74, 6) is -0.442. The standard InChI is InChI=1S/C13H22N6O4/c1-12(23-9-7-20)2-4-13(5-3-12,10-17-19-15)11(21)22-8-6-16-18-14/h20H,2-10H2,1H3. The van der Waals surface area contributed by atoms with Crippen LogP contribution < -0.4 is 0 Å². The van der Waals surface area contributed by atoms with E-state index in [1.54, 1.807) is 0 Å². The Morgan fingerprint density at radius 1 is 1.17 bits per heavy atom. The molecule has 1 aliphatic rings. The Labute approximate surface area is 134 Å². The maximum absolute atomic E-state index is 12.4. The van der Waals surface area contributed by atoms with Gasteiger partial charge in [0.15, 0.2) is 0 Å². The third-order valence-electron chi connectivity index (χ3n) is 4.16. The molecule has 1 rings (SSSR count). The monoisotopic (exact) mass is 326 g/mol. The van der Waals surface area contributed by atoms with E-state index in [1.807, 2.05) is 6.92 Å². The predicted octanol–water partition coefficient (Wildman–Crippen LogP) is 2.48. The molecule has 0 atom stereocenters. The van der Waals surface area contributed by atoms with Crippen molar-refractivity contribution in [2.45, 2.75) is 38.2 Å². The fourth-order valence-electron chi connectivity index (χ4n) is 2.66. The number of azide groups is 2. The molecule has 0 aliphatic heterocycles. The quantitative estimate of drug-likeness (QED) is 0.227. The lowest BCUT2D eigenvalue weighted by molar-refractivity contribution is -0.162. The van der Waals surface area contributed by atoms with Crippen molar-refractivity contribution in [2.24, 2.45) is 15.6 Å². The normalized spacial score (nSPS) is 26.7. The van der Waals surface area contributed by atoms with Crippen LogP contribution in [0.1, 0.15) is 32.6 Å². The molecule has 0 aromatic rings. The first-order valence-electron chi connectivity index (χ1n) is 7.46. The van der Waals surface area contributed by atoms with Gasteiger partial charge in [0.1, 0.15) is 0 Å². The molecule has 1 aliphatic carbocycles. The van der Waals surface area contributed by atoms with Gasteiger partial charge in [-0.2, -0.15) is 0 Å². The molecule has 128 valence electrons. The molecule has 1 fully saturated rings. The van der Waals surface area contributed by atoms with Crippen LogP contribution in [0, 0.1) is 5.41 Å². The third-order valence-corrected chi connectivity index (χ3v) is 4.16. The Balaban J connectivity index is 2.71. The summed E-state index contributed by atoms with van der Waals surface area (Å²) < 4.78 is 10.8. The van der Waals surface area contributed by atoms with Gasteiger partial charge in [0, 0.05) is 16.4 Å². The minimum atomic E-state index is -0.870. The molecule has 23 heavy (non-hydrogen) atoms. The van der Waals surface area contributed by atoms with Crippen LogP contribution in [0.2, 0.25) is 0 Å². The Morgan fingerprint density at radius 3 is 2.39 bits per heavy atom. The molecule has 10 nitrogen and oxygen atoms in total. The van der Waals surface area contributed by atoms with Gasteiger partial charge >= 0.3 is 5.97 Å². The molecular formula is C13H22N6O4. The number of carbonyl (C=O) groups is 1. The highest BCUT2D eigenvalue weighted by Gasteiger charge is 2.46. The SMILES string of the molecule is CC1(OCCO)CCC(CN=[N+]=[N-])(C(=O)OCCN=[N+]=[N-])CC1. The number of hydrogen-bond donors (Lipinski definition) is 1. The number of ether oxygens (including phenoxy) is 2. The van der Waals surface area contributed by atoms with E-state index in [0.717, 1.165) is 0 Å². The smallest absolute Gasteiger partial charge is 0.312 e. The summed E-state index contributed by atoms with van der Waals surface area (Å²) >= 11 is 0. The molecule has 0 saturated heterocycles. The van der Waals surface area contributed by atoms with Crippen LogP contribution in [0.15, 0.2) is 10.2 Å². The number of esters is 1. The van der Waals surface area contributed by atoms with Crippen molar-refractivity contribution in [3.8, 4) is 0 Å². The molecule has 0 bridgehead atoms. The van der Waals surface area contributed by atoms with Crippen molar-refractivity contribution in [2.75, 3.05) is 32.9 Å². The lowest BCUT2D eigenvalue weighted by atomic mass is 9.69. The van der Waals surface area contributed by atoms with Gasteiger partial charge in [0.05, 0.1) is 37.4 Å². The molecule has 1 saturated carbocycles. The summed E-state index contributed by atoms with van der Waals surface area (Å²) in [6.45, 7) is 2.22. The van der Waals surface area contributed by atoms with Crippen LogP contribution in [-0.4, -0.2) is 49.6 Å². The first-order chi connectivity index (χ1) is 11.0. The summed E-state index contributed by atoms with van der Waals surface area (Å²) in [5, 5.41) is 15.7. The van der Waals surface area contributed by atoms with Crippen LogP contribution in [0.5, 0.6) is 0 Å². The molecule has 1 N–H and O–H groups in total. The molecule has 10 heteroatoms. The number of rotatable bonds is 9. The Bertz CT molecular complexity index is 491. The van der Waals surface area contributed by atoms with Crippen LogP contribution in [0.4, 0.5) is 0 Å². The van der Waals surface area contributed by atoms with E-state index in [1.165, 1.54) is 0 Å². The van der Waals surface area contributed by atoms with Crippen LogP contribution in [0.3, 0.4) is 0 Å². The zero-order chi connectivity index (χ0) is 17.2. The first kappa shape index (κ1) is 19.1. The predicted molar refractivity (Wildman–Crippen MR) is 81.3 cm³/mol. The van der Waals surface area contributed by atoms with Crippen molar-refractivity contribution < 1.29 is 19.4 Å². The molecule has 0 spiro atoms. The van der Waals surface area contributed by atoms with Crippen LogP contribution in [0.25, 0.3) is 20.9 Å². The van der Waals surface area contributed by atoms with Gasteiger partial charge in [0.25, 0.3) is 0 Å². The highest BCUT2D eigenvalue weighted by atomic mass is 16.5. The van der Waals surface area contributed by atoms with E-state index in [0.29, 0.717) is 25.7 Å². The molecule has 0 amide bonds. The van der Waals surface area contributed by atoms with E-state index >= 15 is 0 Å². The number of carbonyl (C=O) groups excluding carboxylic acids is 1. The summed E-state index contributed by atoms with van der Waals surface area (Å²) in [5.41, 5.74) is 15.5. The molecule has 0 heterocycles. The van der Waals surface area contributed by atoms with Gasteiger partial charge in [-0.25, -0.2) is 0 Å². The van der Waals surface area contributed by atoms with Gasteiger partial charge < -0.3 is 14.6 Å². The fraction of sp³-hybridized carbons (Fsp3) is 0.923. The van der Waals surface area contributed by atoms with Gasteiger partial charge in [-0.3, -0.25) is 4.79 Å². The van der Waals surface area contributed by atoms with E-state index in [4.69, 9.17) is 25.6 Å². The van der Waals surface area contributed by atoms with E-state index < -0.39 is 17.0 Å². The minimum absolute atomic E-state index is 0.000802. The van der Waals surface area contributed by atoms with Crippen molar-refractivity contribution in [1.29, 1.82) is 0 Å². The van der Waals surface area contributed by atoms with Gasteiger partial charge in [0.2, 0.25) is 0 Å². The highest BCUT2D eigenvalue weighted by molar-refractivity contribution is 5.77. The second-order valence-electron chi connectivity index (χ2n) is 5.78. The molecular weight excluding hydrogens is 304 g/mol. The largest absolute Gasteiger partial charge is 0.465 e. The molecule has 0 unspecified atom stereocenters. The van der Waals surface area contributed by atoms with Crippen LogP contribution >= 0.6 is 0 Å². The zero-order valence-corrected chi connectivity index (χ0v) is 13.2. The van der Waals surface area contributed by atoms with Crippen molar-refractivity contribution in [1.82, 2.24) is 0 Å². The minimum Gasteiger partial charge on any atom is -0.465 e. The topological polar surface area (TPSA) is 153 Å². The Hall–Kier alpha value is -1.99. The maximum Gasteiger partial charge on any atom is 0.312 e. The lowest BCUT2D eigenvalue weighted by Gasteiger charge is -2.42. The van der Waals surface area contributed by atoms with E-state index in [9.17, 15) is 4.79 Å². The summed E-state index contributed by atoms with van der Waals surface area (Å²) in [7, 11) is 0. The molecule has 0 aromatic carbocycles. The first-order valence-corrected chi connectivity index (χ1v) is 7.46. The number of aliphatic hydroxyl groups excluding tert-OH is 1. The maximum atomic E-state index is 12.4. The highest BCUT2D eigenvalue weighted by Crippen LogP contribution is 2.43. The molecule has 0 radical (unpaired) electrons. The summed E-state index contributed by atoms with van der Waals surface area (Å²) in [4.78, 5) is 17.7. The van der Waals surface area contributed by atoms with Crippen molar-refractivity contribution >= 4 is 5.97 Å². The van der Waals surface area contributed by atoms with E-state index in [2.05, 4.69) is 20.1 Å². The number of nitrogens with zero attached hydrogens (tertiary/aromatic N) is 6. The summed E-state index contributed by atoms with van der Waals surface area (Å²) in [6, 6.07) is 0. The number of aliphatic hydroxyl groups is 1. The number of hydrogen-bond acceptors (Lipinski definition) is 6. The van der Waals surface area contributed by atoms with Gasteiger partial charge in [-0.15, -0.1) is 0 Å². The van der Waals surface area contributed by atoms with Crippen molar-refractivity contribution in [3.05, 3.63) is 20.9 Å². The lowest BCUT2D eigenvalue weighted by Crippen LogP contribution is -2.45. The average molecular weight is 326 g/mol. The third kappa shape index (κ3) is 5.61. The van der Waals surface area contributed by atoms with E-state index in [-0.39, 0.29) is 32.9 Å². The van der Waals surface area contributed by atoms with Crippen LogP contribution in [-0.2, 0) is 14.3 Å². The van der Waals surface area contributed by atoms with Gasteiger partial charge in [-0.1, -0.05) is 10.2 Å².